The number of para-hydroxylation sites is 1. The van der Waals surface area contributed by atoms with Gasteiger partial charge in [-0.15, -0.1) is 0 Å². The molecule has 2 N–H and O–H groups in total. The Hall–Kier alpha value is -2.96. The highest BCUT2D eigenvalue weighted by Crippen LogP contribution is 2.25. The molecule has 7 heteroatoms. The van der Waals surface area contributed by atoms with Crippen molar-refractivity contribution >= 4 is 29.0 Å². The number of hydrogen-bond donors (Lipinski definition) is 2. The van der Waals surface area contributed by atoms with Gasteiger partial charge in [-0.2, -0.15) is 0 Å². The molecule has 2 aromatic carbocycles. The van der Waals surface area contributed by atoms with Crippen molar-refractivity contribution in [2.75, 3.05) is 25.6 Å². The third kappa shape index (κ3) is 5.03. The van der Waals surface area contributed by atoms with Gasteiger partial charge >= 0.3 is 0 Å². The van der Waals surface area contributed by atoms with Crippen molar-refractivity contribution < 1.29 is 9.53 Å². The summed E-state index contributed by atoms with van der Waals surface area (Å²) in [5.41, 5.74) is 1.77. The van der Waals surface area contributed by atoms with Crippen LogP contribution in [0.5, 0.6) is 0 Å². The van der Waals surface area contributed by atoms with E-state index in [1.807, 2.05) is 48.5 Å². The van der Waals surface area contributed by atoms with E-state index in [1.165, 1.54) is 0 Å². The molecular formula is C20H19ClN4O2. The minimum absolute atomic E-state index is 0.259. The van der Waals surface area contributed by atoms with Gasteiger partial charge in [-0.05, 0) is 12.1 Å². The van der Waals surface area contributed by atoms with Gasteiger partial charge < -0.3 is 15.4 Å². The lowest BCUT2D eigenvalue weighted by Crippen LogP contribution is -2.28. The van der Waals surface area contributed by atoms with E-state index < -0.39 is 0 Å². The number of rotatable bonds is 7. The second-order valence-electron chi connectivity index (χ2n) is 5.68. The third-order valence-electron chi connectivity index (χ3n) is 3.72. The van der Waals surface area contributed by atoms with Gasteiger partial charge in [-0.1, -0.05) is 54.1 Å². The maximum absolute atomic E-state index is 12.5. The molecule has 1 heterocycles. The van der Waals surface area contributed by atoms with E-state index in [9.17, 15) is 4.79 Å². The predicted molar refractivity (Wildman–Crippen MR) is 106 cm³/mol. The number of amides is 1. The minimum Gasteiger partial charge on any atom is -0.383 e. The highest BCUT2D eigenvalue weighted by Gasteiger charge is 2.13. The van der Waals surface area contributed by atoms with Crippen LogP contribution in [0.1, 0.15) is 10.5 Å². The van der Waals surface area contributed by atoms with Gasteiger partial charge in [0.05, 0.1) is 17.3 Å². The monoisotopic (exact) mass is 382 g/mol. The molecule has 0 saturated carbocycles. The first-order valence-corrected chi connectivity index (χ1v) is 8.78. The molecule has 0 aliphatic rings. The summed E-state index contributed by atoms with van der Waals surface area (Å²) in [7, 11) is 1.58. The molecule has 3 aromatic rings. The molecule has 0 fully saturated rings. The molecule has 0 aliphatic heterocycles. The van der Waals surface area contributed by atoms with E-state index in [2.05, 4.69) is 20.6 Å². The number of ether oxygens (including phenoxy) is 1. The summed E-state index contributed by atoms with van der Waals surface area (Å²) >= 11 is 6.22. The summed E-state index contributed by atoms with van der Waals surface area (Å²) < 4.78 is 4.96. The van der Waals surface area contributed by atoms with Crippen LogP contribution in [-0.4, -0.2) is 36.1 Å². The first-order valence-electron chi connectivity index (χ1n) is 8.40. The third-order valence-corrected chi connectivity index (χ3v) is 4.05. The first kappa shape index (κ1) is 18.8. The summed E-state index contributed by atoms with van der Waals surface area (Å²) in [6, 6.07) is 18.4. The molecule has 0 aliphatic carbocycles. The lowest BCUT2D eigenvalue weighted by atomic mass is 10.2. The maximum atomic E-state index is 12.5. The van der Waals surface area contributed by atoms with Gasteiger partial charge in [0.25, 0.3) is 5.91 Å². The number of hydrogen-bond acceptors (Lipinski definition) is 5. The highest BCUT2D eigenvalue weighted by atomic mass is 35.5. The van der Waals surface area contributed by atoms with Crippen molar-refractivity contribution in [3.05, 3.63) is 71.4 Å². The Balaban J connectivity index is 1.95. The number of halogens is 1. The van der Waals surface area contributed by atoms with Crippen molar-refractivity contribution in [2.45, 2.75) is 0 Å². The van der Waals surface area contributed by atoms with E-state index in [0.29, 0.717) is 35.5 Å². The molecule has 138 valence electrons. The van der Waals surface area contributed by atoms with Gasteiger partial charge in [-0.25, -0.2) is 9.97 Å². The van der Waals surface area contributed by atoms with Crippen LogP contribution in [0.15, 0.2) is 60.7 Å². The number of benzene rings is 2. The Kier molecular flexibility index (Phi) is 6.35. The van der Waals surface area contributed by atoms with Crippen LogP contribution < -0.4 is 10.6 Å². The summed E-state index contributed by atoms with van der Waals surface area (Å²) in [6.07, 6.45) is 0. The van der Waals surface area contributed by atoms with E-state index in [-0.39, 0.29) is 11.6 Å². The molecule has 1 amide bonds. The number of nitrogens with zero attached hydrogens (tertiary/aromatic N) is 2. The van der Waals surface area contributed by atoms with E-state index >= 15 is 0 Å². The standard InChI is InChI=1S/C20H19ClN4O2/c1-27-12-11-22-20(26)17-13-18(23-16-10-6-5-9-15(16)21)25-19(24-17)14-7-3-2-4-8-14/h2-10,13H,11-12H2,1H3,(H,22,26)(H,23,24,25). The topological polar surface area (TPSA) is 76.1 Å². The number of carbonyl (C=O) groups excluding carboxylic acids is 1. The fourth-order valence-electron chi connectivity index (χ4n) is 2.40. The molecule has 0 atom stereocenters. The van der Waals surface area contributed by atoms with Gasteiger partial charge in [0, 0.05) is 25.3 Å². The van der Waals surface area contributed by atoms with Crippen LogP contribution in [0.3, 0.4) is 0 Å². The molecular weight excluding hydrogens is 364 g/mol. The van der Waals surface area contributed by atoms with Crippen molar-refractivity contribution in [1.29, 1.82) is 0 Å². The fraction of sp³-hybridized carbons (Fsp3) is 0.150. The number of nitrogens with one attached hydrogen (secondary N) is 2. The average Bonchev–Trinajstić information content (AvgIpc) is 2.70. The largest absolute Gasteiger partial charge is 0.383 e. The number of carbonyl (C=O) groups is 1. The molecule has 3 rings (SSSR count). The molecule has 0 bridgehead atoms. The fourth-order valence-corrected chi connectivity index (χ4v) is 2.58. The molecule has 1 aromatic heterocycles. The van der Waals surface area contributed by atoms with Crippen LogP contribution in [0.2, 0.25) is 5.02 Å². The van der Waals surface area contributed by atoms with E-state index in [4.69, 9.17) is 16.3 Å². The molecule has 0 spiro atoms. The molecule has 6 nitrogen and oxygen atoms in total. The van der Waals surface area contributed by atoms with Crippen LogP contribution in [0, 0.1) is 0 Å². The Labute approximate surface area is 162 Å². The van der Waals surface area contributed by atoms with Gasteiger partial charge in [-0.3, -0.25) is 4.79 Å². The summed E-state index contributed by atoms with van der Waals surface area (Å²) in [5.74, 6) is 0.632. The van der Waals surface area contributed by atoms with Crippen molar-refractivity contribution in [3.63, 3.8) is 0 Å². The van der Waals surface area contributed by atoms with Crippen LogP contribution in [0.25, 0.3) is 11.4 Å². The maximum Gasteiger partial charge on any atom is 0.270 e. The van der Waals surface area contributed by atoms with Crippen LogP contribution >= 0.6 is 11.6 Å². The van der Waals surface area contributed by atoms with Crippen LogP contribution in [-0.2, 0) is 4.74 Å². The zero-order valence-electron chi connectivity index (χ0n) is 14.8. The quantitative estimate of drug-likeness (QED) is 0.606. The lowest BCUT2D eigenvalue weighted by Gasteiger charge is -2.11. The number of anilines is 2. The second kappa shape index (κ2) is 9.12. The molecule has 27 heavy (non-hydrogen) atoms. The zero-order valence-corrected chi connectivity index (χ0v) is 15.5. The Morgan fingerprint density at radius 2 is 1.81 bits per heavy atom. The molecule has 0 radical (unpaired) electrons. The van der Waals surface area contributed by atoms with Crippen LogP contribution in [0.4, 0.5) is 11.5 Å². The Morgan fingerprint density at radius 1 is 1.07 bits per heavy atom. The number of aromatic nitrogens is 2. The number of methoxy groups -OCH3 is 1. The SMILES string of the molecule is COCCNC(=O)c1cc(Nc2ccccc2Cl)nc(-c2ccccc2)n1. The summed E-state index contributed by atoms with van der Waals surface area (Å²) in [6.45, 7) is 0.820. The van der Waals surface area contributed by atoms with Gasteiger partial charge in [0.15, 0.2) is 5.82 Å². The smallest absolute Gasteiger partial charge is 0.270 e. The van der Waals surface area contributed by atoms with Gasteiger partial charge in [0.1, 0.15) is 11.5 Å². The van der Waals surface area contributed by atoms with Crippen molar-refractivity contribution in [1.82, 2.24) is 15.3 Å². The minimum atomic E-state index is -0.297. The Morgan fingerprint density at radius 3 is 2.56 bits per heavy atom. The zero-order chi connectivity index (χ0) is 19.1. The normalized spacial score (nSPS) is 10.4. The highest BCUT2D eigenvalue weighted by molar-refractivity contribution is 6.33. The Bertz CT molecular complexity index is 919. The summed E-state index contributed by atoms with van der Waals surface area (Å²) in [5, 5.41) is 6.49. The lowest BCUT2D eigenvalue weighted by molar-refractivity contribution is 0.0932. The van der Waals surface area contributed by atoms with Gasteiger partial charge in [0.2, 0.25) is 0 Å². The second-order valence-corrected chi connectivity index (χ2v) is 6.09. The first-order chi connectivity index (χ1) is 13.2. The van der Waals surface area contributed by atoms with E-state index in [1.54, 1.807) is 19.2 Å². The van der Waals surface area contributed by atoms with Crippen molar-refractivity contribution in [2.24, 2.45) is 0 Å². The van der Waals surface area contributed by atoms with E-state index in [0.717, 1.165) is 5.56 Å². The predicted octanol–water partition coefficient (Wildman–Crippen LogP) is 3.92. The summed E-state index contributed by atoms with van der Waals surface area (Å²) in [4.78, 5) is 21.4. The molecule has 0 unspecified atom stereocenters. The van der Waals surface area contributed by atoms with Crippen molar-refractivity contribution in [3.8, 4) is 11.4 Å². The average molecular weight is 383 g/mol. The molecule has 0 saturated heterocycles.